The highest BCUT2D eigenvalue weighted by molar-refractivity contribution is 6.15. The summed E-state index contributed by atoms with van der Waals surface area (Å²) in [6.07, 6.45) is 1.88. The van der Waals surface area contributed by atoms with Gasteiger partial charge in [0.25, 0.3) is 11.6 Å². The number of carbonyl (C=O) groups is 1. The van der Waals surface area contributed by atoms with Gasteiger partial charge in [0, 0.05) is 23.8 Å². The number of nitrogens with zero attached hydrogens (tertiary/aromatic N) is 4. The van der Waals surface area contributed by atoms with Crippen LogP contribution < -0.4 is 5.32 Å². The Kier molecular flexibility index (Phi) is 4.28. The second-order valence-electron chi connectivity index (χ2n) is 7.04. The maximum Gasteiger partial charge on any atom is 0.259 e. The van der Waals surface area contributed by atoms with Gasteiger partial charge in [0.1, 0.15) is 5.69 Å². The Balaban J connectivity index is 1.61. The molecule has 0 radical (unpaired) electrons. The summed E-state index contributed by atoms with van der Waals surface area (Å²) in [6.45, 7) is 4.56. The molecule has 2 aromatic carbocycles. The fourth-order valence-corrected chi connectivity index (χ4v) is 3.60. The largest absolute Gasteiger partial charge is 0.335 e. The van der Waals surface area contributed by atoms with Crippen molar-refractivity contribution in [3.05, 3.63) is 72.1 Å². The third-order valence-corrected chi connectivity index (χ3v) is 5.13. The van der Waals surface area contributed by atoms with E-state index in [9.17, 15) is 4.79 Å². The van der Waals surface area contributed by atoms with Crippen LogP contribution in [0.25, 0.3) is 33.3 Å². The Morgan fingerprint density at radius 1 is 1.10 bits per heavy atom. The highest BCUT2D eigenvalue weighted by Crippen LogP contribution is 2.28. The normalized spacial score (nSPS) is 11.3. The number of fused-ring (bicyclic) bond motifs is 2. The quantitative estimate of drug-likeness (QED) is 0.470. The number of pyridine rings is 1. The summed E-state index contributed by atoms with van der Waals surface area (Å²) < 4.78 is 7.19. The first-order valence-electron chi connectivity index (χ1n) is 9.74. The van der Waals surface area contributed by atoms with E-state index >= 15 is 0 Å². The highest BCUT2D eigenvalue weighted by Gasteiger charge is 2.20. The highest BCUT2D eigenvalue weighted by atomic mass is 16.5. The van der Waals surface area contributed by atoms with Crippen molar-refractivity contribution in [1.82, 2.24) is 19.9 Å². The average Bonchev–Trinajstić information content (AvgIpc) is 3.40. The molecular weight excluding hydrogens is 378 g/mol. The van der Waals surface area contributed by atoms with Crippen molar-refractivity contribution in [3.8, 4) is 11.4 Å². The molecule has 3 aromatic heterocycles. The minimum absolute atomic E-state index is 0.249. The third-order valence-electron chi connectivity index (χ3n) is 5.13. The van der Waals surface area contributed by atoms with E-state index in [4.69, 9.17) is 4.52 Å². The monoisotopic (exact) mass is 397 g/mol. The molecule has 5 rings (SSSR count). The molecule has 148 valence electrons. The van der Waals surface area contributed by atoms with E-state index < -0.39 is 0 Å². The molecule has 0 unspecified atom stereocenters. The number of amides is 1. The van der Waals surface area contributed by atoms with Gasteiger partial charge in [-0.1, -0.05) is 41.6 Å². The van der Waals surface area contributed by atoms with E-state index in [2.05, 4.69) is 20.6 Å². The van der Waals surface area contributed by atoms with Crippen LogP contribution in [0.5, 0.6) is 0 Å². The number of hydrogen-bond acceptors (Lipinski definition) is 5. The molecule has 7 nitrogen and oxygen atoms in total. The van der Waals surface area contributed by atoms with Crippen LogP contribution in [0.2, 0.25) is 0 Å². The molecule has 0 atom stereocenters. The first-order chi connectivity index (χ1) is 14.6. The van der Waals surface area contributed by atoms with E-state index in [0.29, 0.717) is 33.7 Å². The third kappa shape index (κ3) is 3.00. The SMILES string of the molecule is CCn1ccc(-c2cc(C(=O)Nc3cccc4ccccc34)c3c(C)noc3n2)n1. The smallest absolute Gasteiger partial charge is 0.259 e. The van der Waals surface area contributed by atoms with Gasteiger partial charge in [0.05, 0.1) is 22.3 Å². The van der Waals surface area contributed by atoms with Crippen molar-refractivity contribution in [1.29, 1.82) is 0 Å². The molecule has 0 aliphatic carbocycles. The van der Waals surface area contributed by atoms with Crippen LogP contribution in [0.1, 0.15) is 23.0 Å². The Morgan fingerprint density at radius 3 is 2.77 bits per heavy atom. The number of hydrogen-bond donors (Lipinski definition) is 1. The second-order valence-corrected chi connectivity index (χ2v) is 7.04. The van der Waals surface area contributed by atoms with E-state index in [0.717, 1.165) is 23.0 Å². The lowest BCUT2D eigenvalue weighted by Crippen LogP contribution is -2.13. The number of nitrogens with one attached hydrogen (secondary N) is 1. The first kappa shape index (κ1) is 18.1. The fourth-order valence-electron chi connectivity index (χ4n) is 3.60. The maximum absolute atomic E-state index is 13.3. The predicted octanol–water partition coefficient (Wildman–Crippen LogP) is 4.82. The van der Waals surface area contributed by atoms with Crippen LogP contribution in [-0.4, -0.2) is 25.8 Å². The van der Waals surface area contributed by atoms with Crippen molar-refractivity contribution in [2.45, 2.75) is 20.4 Å². The molecule has 0 aliphatic rings. The molecule has 0 saturated carbocycles. The van der Waals surface area contributed by atoms with E-state index in [1.54, 1.807) is 13.0 Å². The fraction of sp³-hybridized carbons (Fsp3) is 0.130. The Bertz CT molecular complexity index is 1390. The van der Waals surface area contributed by atoms with Crippen molar-refractivity contribution in [2.75, 3.05) is 5.32 Å². The second kappa shape index (κ2) is 7.11. The van der Waals surface area contributed by atoms with Gasteiger partial charge in [-0.05, 0) is 37.4 Å². The Labute approximate surface area is 172 Å². The van der Waals surface area contributed by atoms with Crippen LogP contribution >= 0.6 is 0 Å². The van der Waals surface area contributed by atoms with Gasteiger partial charge < -0.3 is 9.84 Å². The lowest BCUT2D eigenvalue weighted by molar-refractivity contribution is 0.102. The van der Waals surface area contributed by atoms with Crippen molar-refractivity contribution < 1.29 is 9.32 Å². The zero-order chi connectivity index (χ0) is 20.7. The van der Waals surface area contributed by atoms with Crippen molar-refractivity contribution in [2.24, 2.45) is 0 Å². The molecule has 30 heavy (non-hydrogen) atoms. The van der Waals surface area contributed by atoms with Gasteiger partial charge in [-0.25, -0.2) is 4.98 Å². The molecule has 1 N–H and O–H groups in total. The molecule has 1 amide bonds. The van der Waals surface area contributed by atoms with E-state index in [1.165, 1.54) is 0 Å². The van der Waals surface area contributed by atoms with Crippen LogP contribution in [0.15, 0.2) is 65.3 Å². The molecule has 5 aromatic rings. The molecule has 0 saturated heterocycles. The number of anilines is 1. The number of carbonyl (C=O) groups excluding carboxylic acids is 1. The zero-order valence-corrected chi connectivity index (χ0v) is 16.6. The van der Waals surface area contributed by atoms with Gasteiger partial charge in [-0.3, -0.25) is 9.48 Å². The Hall–Kier alpha value is -4.00. The Morgan fingerprint density at radius 2 is 1.93 bits per heavy atom. The minimum Gasteiger partial charge on any atom is -0.335 e. The summed E-state index contributed by atoms with van der Waals surface area (Å²) >= 11 is 0. The topological polar surface area (TPSA) is 85.8 Å². The summed E-state index contributed by atoms with van der Waals surface area (Å²) in [4.78, 5) is 17.9. The molecule has 0 fully saturated rings. The van der Waals surface area contributed by atoms with Gasteiger partial charge >= 0.3 is 0 Å². The summed E-state index contributed by atoms with van der Waals surface area (Å²) in [7, 11) is 0. The van der Waals surface area contributed by atoms with Crippen LogP contribution in [-0.2, 0) is 6.54 Å². The summed E-state index contributed by atoms with van der Waals surface area (Å²) in [5, 5.41) is 14.2. The van der Waals surface area contributed by atoms with E-state index in [1.807, 2.05) is 66.3 Å². The zero-order valence-electron chi connectivity index (χ0n) is 16.6. The van der Waals surface area contributed by atoms with Gasteiger partial charge in [0.2, 0.25) is 0 Å². The minimum atomic E-state index is -0.249. The molecule has 7 heteroatoms. The number of aryl methyl sites for hydroxylation is 2. The molecule has 0 bridgehead atoms. The summed E-state index contributed by atoms with van der Waals surface area (Å²) in [5.41, 5.74) is 3.37. The molecule has 3 heterocycles. The number of rotatable bonds is 4. The maximum atomic E-state index is 13.3. The molecule has 0 spiro atoms. The van der Waals surface area contributed by atoms with Gasteiger partial charge in [0.15, 0.2) is 0 Å². The van der Waals surface area contributed by atoms with Crippen LogP contribution in [0.3, 0.4) is 0 Å². The predicted molar refractivity (Wildman–Crippen MR) is 115 cm³/mol. The first-order valence-corrected chi connectivity index (χ1v) is 9.74. The number of aromatic nitrogens is 4. The van der Waals surface area contributed by atoms with E-state index in [-0.39, 0.29) is 5.91 Å². The summed E-state index contributed by atoms with van der Waals surface area (Å²) in [6, 6.07) is 17.4. The lowest BCUT2D eigenvalue weighted by atomic mass is 10.1. The lowest BCUT2D eigenvalue weighted by Gasteiger charge is -2.10. The van der Waals surface area contributed by atoms with Crippen molar-refractivity contribution in [3.63, 3.8) is 0 Å². The average molecular weight is 397 g/mol. The standard InChI is InChI=1S/C23H19N5O2/c1-3-28-12-11-19(26-28)20-13-17(21-14(2)27-30-23(21)25-20)22(29)24-18-10-6-8-15-7-4-5-9-16(15)18/h4-13H,3H2,1-2H3,(H,24,29). The van der Waals surface area contributed by atoms with Crippen LogP contribution in [0, 0.1) is 6.92 Å². The van der Waals surface area contributed by atoms with Crippen molar-refractivity contribution >= 4 is 33.5 Å². The molecule has 0 aliphatic heterocycles. The molecular formula is C23H19N5O2. The number of benzene rings is 2. The van der Waals surface area contributed by atoms with Crippen LogP contribution in [0.4, 0.5) is 5.69 Å². The van der Waals surface area contributed by atoms with Gasteiger partial charge in [-0.2, -0.15) is 5.10 Å². The van der Waals surface area contributed by atoms with Gasteiger partial charge in [-0.15, -0.1) is 0 Å². The summed E-state index contributed by atoms with van der Waals surface area (Å²) in [5.74, 6) is -0.249.